The summed E-state index contributed by atoms with van der Waals surface area (Å²) >= 11 is 0. The molecule has 1 heterocycles. The molecule has 0 bridgehead atoms. The fourth-order valence-corrected chi connectivity index (χ4v) is 3.30. The van der Waals surface area contributed by atoms with Crippen LogP contribution in [0.3, 0.4) is 0 Å². The average molecular weight is 430 g/mol. The Morgan fingerprint density at radius 1 is 1.13 bits per heavy atom. The molecule has 2 aromatic carbocycles. The number of carboxylic acid groups (broad SMARTS) is 1. The number of hydrogen-bond donors (Lipinski definition) is 3. The highest BCUT2D eigenvalue weighted by atomic mass is 32.2. The topological polar surface area (TPSA) is 121 Å². The fraction of sp³-hybridized carbons (Fsp3) is 0.200. The van der Waals surface area contributed by atoms with E-state index in [-0.39, 0.29) is 11.4 Å². The zero-order valence-corrected chi connectivity index (χ0v) is 17.5. The molecule has 0 saturated heterocycles. The maximum Gasteiger partial charge on any atom is 0.339 e. The van der Waals surface area contributed by atoms with Gasteiger partial charge < -0.3 is 15.2 Å². The molecule has 0 atom stereocenters. The van der Waals surface area contributed by atoms with Gasteiger partial charge in [0.05, 0.1) is 12.6 Å². The molecule has 0 saturated carbocycles. The summed E-state index contributed by atoms with van der Waals surface area (Å²) in [4.78, 5) is 16.1. The Bertz CT molecular complexity index is 1180. The molecule has 158 valence electrons. The first-order chi connectivity index (χ1) is 14.2. The number of ether oxygens (including phenoxy) is 1. The molecule has 1 aromatic heterocycles. The van der Waals surface area contributed by atoms with Gasteiger partial charge in [-0.25, -0.2) is 9.78 Å². The number of nitrogens with one attached hydrogen (secondary N) is 2. The molecule has 3 aromatic rings. The normalized spacial score (nSPS) is 11.5. The van der Waals surface area contributed by atoms with E-state index in [1.807, 2.05) is 0 Å². The van der Waals surface area contributed by atoms with Crippen LogP contribution in [0, 0.1) is 0 Å². The maximum atomic E-state index is 11.9. The number of anilines is 2. The van der Waals surface area contributed by atoms with E-state index >= 15 is 0 Å². The van der Waals surface area contributed by atoms with Gasteiger partial charge in [0.25, 0.3) is 0 Å². The monoisotopic (exact) mass is 430 g/mol. The summed E-state index contributed by atoms with van der Waals surface area (Å²) in [5, 5.41) is 13.3. The number of hydrogen-bond acceptors (Lipinski definition) is 6. The Morgan fingerprint density at radius 3 is 2.43 bits per heavy atom. The summed E-state index contributed by atoms with van der Waals surface area (Å²) in [5.41, 5.74) is 1.92. The number of methoxy groups -OCH3 is 1. The highest BCUT2D eigenvalue weighted by Crippen LogP contribution is 2.25. The summed E-state index contributed by atoms with van der Waals surface area (Å²) in [6, 6.07) is 13.5. The molecule has 0 aliphatic carbocycles. The van der Waals surface area contributed by atoms with Gasteiger partial charge in [-0.3, -0.25) is 4.72 Å². The molecule has 0 aliphatic rings. The first-order valence-electron chi connectivity index (χ1n) is 8.95. The van der Waals surface area contributed by atoms with Crippen molar-refractivity contribution in [1.82, 2.24) is 9.29 Å². The summed E-state index contributed by atoms with van der Waals surface area (Å²) in [5.74, 6) is -0.225. The predicted octanol–water partition coefficient (Wildman–Crippen LogP) is 2.77. The van der Waals surface area contributed by atoms with E-state index in [4.69, 9.17) is 4.74 Å². The Balaban J connectivity index is 1.80. The lowest BCUT2D eigenvalue weighted by Crippen LogP contribution is -2.28. The Hall–Kier alpha value is -3.37. The molecule has 0 unspecified atom stereocenters. The van der Waals surface area contributed by atoms with Gasteiger partial charge in [0.2, 0.25) is 0 Å². The van der Waals surface area contributed by atoms with Crippen molar-refractivity contribution in [1.29, 1.82) is 0 Å². The summed E-state index contributed by atoms with van der Waals surface area (Å²) in [6.07, 6.45) is 0. The summed E-state index contributed by atoms with van der Waals surface area (Å²) in [6.45, 7) is 0.309. The quantitative estimate of drug-likeness (QED) is 0.502. The summed E-state index contributed by atoms with van der Waals surface area (Å²) in [7, 11) is 0.846. The lowest BCUT2D eigenvalue weighted by atomic mass is 10.1. The zero-order valence-electron chi connectivity index (χ0n) is 16.7. The van der Waals surface area contributed by atoms with E-state index in [9.17, 15) is 18.3 Å². The van der Waals surface area contributed by atoms with Crippen molar-refractivity contribution in [3.8, 4) is 5.75 Å². The molecule has 9 nitrogen and oxygen atoms in total. The molecule has 0 fully saturated rings. The van der Waals surface area contributed by atoms with Crippen LogP contribution >= 0.6 is 0 Å². The van der Waals surface area contributed by atoms with Crippen LogP contribution in [0.5, 0.6) is 5.75 Å². The van der Waals surface area contributed by atoms with Crippen LogP contribution in [0.15, 0.2) is 48.5 Å². The number of benzene rings is 2. The molecule has 3 N–H and O–H groups in total. The molecule has 0 amide bonds. The van der Waals surface area contributed by atoms with Crippen molar-refractivity contribution < 1.29 is 23.1 Å². The summed E-state index contributed by atoms with van der Waals surface area (Å²) < 4.78 is 32.5. The minimum absolute atomic E-state index is 0.0584. The molecule has 10 heteroatoms. The third kappa shape index (κ3) is 4.78. The van der Waals surface area contributed by atoms with Crippen LogP contribution in [0.1, 0.15) is 15.9 Å². The zero-order chi connectivity index (χ0) is 21.9. The molecule has 30 heavy (non-hydrogen) atoms. The fourth-order valence-electron chi connectivity index (χ4n) is 2.69. The minimum atomic E-state index is -3.58. The lowest BCUT2D eigenvalue weighted by molar-refractivity contribution is 0.0697. The predicted molar refractivity (Wildman–Crippen MR) is 115 cm³/mol. The average Bonchev–Trinajstić information content (AvgIpc) is 2.71. The Kier molecular flexibility index (Phi) is 6.09. The molecular weight excluding hydrogens is 408 g/mol. The Labute approximate surface area is 174 Å². The van der Waals surface area contributed by atoms with E-state index in [0.717, 1.165) is 9.87 Å². The van der Waals surface area contributed by atoms with Crippen LogP contribution in [0.25, 0.3) is 10.9 Å². The molecule has 3 rings (SSSR count). The van der Waals surface area contributed by atoms with Crippen LogP contribution in [-0.4, -0.2) is 50.0 Å². The van der Waals surface area contributed by atoms with Crippen molar-refractivity contribution in [2.24, 2.45) is 0 Å². The highest BCUT2D eigenvalue weighted by Gasteiger charge is 2.15. The second-order valence-electron chi connectivity index (χ2n) is 6.69. The first kappa shape index (κ1) is 21.3. The number of rotatable bonds is 8. The number of carboxylic acids is 1. The van der Waals surface area contributed by atoms with Gasteiger partial charge in [0, 0.05) is 37.8 Å². The van der Waals surface area contributed by atoms with Crippen molar-refractivity contribution in [3.63, 3.8) is 0 Å². The van der Waals surface area contributed by atoms with E-state index < -0.39 is 16.2 Å². The largest absolute Gasteiger partial charge is 0.497 e. The first-order valence-corrected chi connectivity index (χ1v) is 10.4. The molecule has 0 aliphatic heterocycles. The van der Waals surface area contributed by atoms with E-state index in [2.05, 4.69) is 15.0 Å². The number of carbonyl (C=O) groups is 1. The van der Waals surface area contributed by atoms with Gasteiger partial charge >= 0.3 is 16.2 Å². The minimum Gasteiger partial charge on any atom is -0.497 e. The van der Waals surface area contributed by atoms with Gasteiger partial charge in [0.15, 0.2) is 0 Å². The molecular formula is C20H22N4O5S. The van der Waals surface area contributed by atoms with E-state index in [1.54, 1.807) is 55.6 Å². The van der Waals surface area contributed by atoms with Crippen molar-refractivity contribution >= 4 is 38.6 Å². The maximum absolute atomic E-state index is 11.9. The molecule has 0 radical (unpaired) electrons. The standard InChI is InChI=1S/C20H22N4O5S/c1-24(2)30(27,28)23-15-7-4-13(5-8-15)12-21-19-17(20(25)26)10-14-6-9-16(29-3)11-18(14)22-19/h4-11,23H,12H2,1-3H3,(H,21,22)(H,25,26). The second-order valence-corrected chi connectivity index (χ2v) is 8.57. The lowest BCUT2D eigenvalue weighted by Gasteiger charge is -2.14. The molecule has 0 spiro atoms. The SMILES string of the molecule is COc1ccc2cc(C(=O)O)c(NCc3ccc(NS(=O)(=O)N(C)C)cc3)nc2c1. The number of aromatic nitrogens is 1. The number of fused-ring (bicyclic) bond motifs is 1. The van der Waals surface area contributed by atoms with Gasteiger partial charge in [-0.1, -0.05) is 12.1 Å². The Morgan fingerprint density at radius 2 is 1.83 bits per heavy atom. The van der Waals surface area contributed by atoms with Gasteiger partial charge in [-0.05, 0) is 35.9 Å². The van der Waals surface area contributed by atoms with E-state index in [0.29, 0.717) is 28.9 Å². The van der Waals surface area contributed by atoms with Crippen LogP contribution in [0.2, 0.25) is 0 Å². The smallest absolute Gasteiger partial charge is 0.339 e. The van der Waals surface area contributed by atoms with Crippen molar-refractivity contribution in [2.45, 2.75) is 6.54 Å². The highest BCUT2D eigenvalue weighted by molar-refractivity contribution is 7.90. The van der Waals surface area contributed by atoms with E-state index in [1.165, 1.54) is 14.1 Å². The number of pyridine rings is 1. The van der Waals surface area contributed by atoms with Crippen LogP contribution in [-0.2, 0) is 16.8 Å². The van der Waals surface area contributed by atoms with Gasteiger partial charge in [-0.2, -0.15) is 12.7 Å². The second kappa shape index (κ2) is 8.56. The van der Waals surface area contributed by atoms with Crippen molar-refractivity contribution in [2.75, 3.05) is 31.2 Å². The van der Waals surface area contributed by atoms with Crippen LogP contribution in [0.4, 0.5) is 11.5 Å². The number of nitrogens with zero attached hydrogens (tertiary/aromatic N) is 2. The number of aromatic carboxylic acids is 1. The van der Waals surface area contributed by atoms with Crippen LogP contribution < -0.4 is 14.8 Å². The van der Waals surface area contributed by atoms with Gasteiger partial charge in [-0.15, -0.1) is 0 Å². The van der Waals surface area contributed by atoms with Crippen molar-refractivity contribution in [3.05, 3.63) is 59.7 Å². The third-order valence-electron chi connectivity index (χ3n) is 4.40. The van der Waals surface area contributed by atoms with Gasteiger partial charge in [0.1, 0.15) is 17.1 Å². The third-order valence-corrected chi connectivity index (χ3v) is 5.85.